The highest BCUT2D eigenvalue weighted by molar-refractivity contribution is 5.94. The van der Waals surface area contributed by atoms with Gasteiger partial charge in [-0.1, -0.05) is 68.4 Å². The Kier molecular flexibility index (Phi) is 9.49. The van der Waals surface area contributed by atoms with E-state index >= 15 is 0 Å². The number of carboxylic acid groups (broad SMARTS) is 1. The second-order valence-corrected chi connectivity index (χ2v) is 12.3. The fourth-order valence-corrected chi connectivity index (χ4v) is 4.83. The van der Waals surface area contributed by atoms with Crippen LogP contribution in [0.25, 0.3) is 21.2 Å². The molecule has 1 unspecified atom stereocenters. The number of azide groups is 1. The second kappa shape index (κ2) is 12.5. The van der Waals surface area contributed by atoms with E-state index in [9.17, 15) is 24.3 Å². The molecule has 0 bridgehead atoms. The van der Waals surface area contributed by atoms with Crippen LogP contribution in [0.1, 0.15) is 53.5 Å². The van der Waals surface area contributed by atoms with Crippen LogP contribution in [0, 0.1) is 5.41 Å². The molecule has 3 amide bonds. The van der Waals surface area contributed by atoms with Crippen molar-refractivity contribution in [2.75, 3.05) is 6.54 Å². The zero-order valence-corrected chi connectivity index (χ0v) is 24.2. The third-order valence-corrected chi connectivity index (χ3v) is 6.76. The first-order valence-corrected chi connectivity index (χ1v) is 13.5. The summed E-state index contributed by atoms with van der Waals surface area (Å²) >= 11 is 0. The topological polar surface area (TPSA) is 174 Å². The number of carbonyl (C=O) groups excluding carboxylic acids is 3. The molecule has 0 saturated carbocycles. The Morgan fingerprint density at radius 1 is 1.07 bits per heavy atom. The molecule has 0 aromatic heterocycles. The Bertz CT molecular complexity index is 1360. The Morgan fingerprint density at radius 2 is 1.73 bits per heavy atom. The Balaban J connectivity index is 1.85. The van der Waals surface area contributed by atoms with Gasteiger partial charge in [0.25, 0.3) is 0 Å². The van der Waals surface area contributed by atoms with Gasteiger partial charge in [0, 0.05) is 17.9 Å². The van der Waals surface area contributed by atoms with Gasteiger partial charge in [-0.3, -0.25) is 9.59 Å². The van der Waals surface area contributed by atoms with Crippen LogP contribution >= 0.6 is 0 Å². The second-order valence-electron chi connectivity index (χ2n) is 12.3. The third-order valence-electron chi connectivity index (χ3n) is 6.76. The highest BCUT2D eigenvalue weighted by Gasteiger charge is 2.47. The van der Waals surface area contributed by atoms with Gasteiger partial charge in [0.1, 0.15) is 23.7 Å². The zero-order valence-electron chi connectivity index (χ0n) is 24.2. The maximum Gasteiger partial charge on any atom is 0.408 e. The average Bonchev–Trinajstić information content (AvgIpc) is 3.28. The van der Waals surface area contributed by atoms with E-state index in [4.69, 9.17) is 10.3 Å². The van der Waals surface area contributed by atoms with Crippen molar-refractivity contribution in [3.05, 3.63) is 58.5 Å². The third kappa shape index (κ3) is 8.11. The largest absolute Gasteiger partial charge is 0.480 e. The van der Waals surface area contributed by atoms with Crippen LogP contribution in [0.5, 0.6) is 0 Å². The lowest BCUT2D eigenvalue weighted by atomic mass is 9.85. The summed E-state index contributed by atoms with van der Waals surface area (Å²) in [5.74, 6) is -2.58. The smallest absolute Gasteiger partial charge is 0.408 e. The lowest BCUT2D eigenvalue weighted by molar-refractivity contribution is -0.145. The summed E-state index contributed by atoms with van der Waals surface area (Å²) in [5, 5.41) is 20.8. The van der Waals surface area contributed by atoms with Crippen molar-refractivity contribution in [2.24, 2.45) is 10.5 Å². The van der Waals surface area contributed by atoms with Crippen LogP contribution in [0.15, 0.2) is 47.6 Å². The van der Waals surface area contributed by atoms with E-state index in [1.165, 1.54) is 4.90 Å². The number of rotatable bonds is 8. The number of benzene rings is 2. The lowest BCUT2D eigenvalue weighted by Gasteiger charge is -2.36. The number of alkyl carbamates (subject to hydrolysis) is 1. The van der Waals surface area contributed by atoms with Crippen molar-refractivity contribution < 1.29 is 29.0 Å². The number of fused-ring (bicyclic) bond motifs is 1. The summed E-state index contributed by atoms with van der Waals surface area (Å²) in [4.78, 5) is 56.2. The maximum atomic E-state index is 13.8. The number of nitrogens with one attached hydrogen (secondary N) is 2. The van der Waals surface area contributed by atoms with Crippen LogP contribution in [-0.2, 0) is 25.5 Å². The normalized spacial score (nSPS) is 18.6. The summed E-state index contributed by atoms with van der Waals surface area (Å²) in [6.45, 7) is 10.4. The number of ether oxygens (including phenoxy) is 1. The summed E-state index contributed by atoms with van der Waals surface area (Å²) < 4.78 is 5.34. The molecule has 41 heavy (non-hydrogen) atoms. The van der Waals surface area contributed by atoms with Crippen LogP contribution < -0.4 is 10.6 Å². The van der Waals surface area contributed by atoms with Crippen molar-refractivity contribution in [1.29, 1.82) is 0 Å². The highest BCUT2D eigenvalue weighted by Crippen LogP contribution is 2.28. The molecular formula is C29H38N6O6. The molecule has 0 radical (unpaired) electrons. The molecule has 220 valence electrons. The minimum atomic E-state index is -1.30. The Labute approximate surface area is 239 Å². The van der Waals surface area contributed by atoms with E-state index in [-0.39, 0.29) is 19.4 Å². The van der Waals surface area contributed by atoms with E-state index in [1.54, 1.807) is 47.6 Å². The molecule has 2 aromatic rings. The van der Waals surface area contributed by atoms with Crippen molar-refractivity contribution >= 4 is 34.6 Å². The number of hydrogen-bond acceptors (Lipinski definition) is 6. The van der Waals surface area contributed by atoms with Gasteiger partial charge in [-0.2, -0.15) is 0 Å². The number of nitrogens with zero attached hydrogens (tertiary/aromatic N) is 4. The first-order chi connectivity index (χ1) is 19.1. The van der Waals surface area contributed by atoms with Crippen LogP contribution in [0.4, 0.5) is 4.79 Å². The first kappa shape index (κ1) is 31.2. The van der Waals surface area contributed by atoms with E-state index in [2.05, 4.69) is 20.7 Å². The predicted octanol–water partition coefficient (Wildman–Crippen LogP) is 4.17. The zero-order chi connectivity index (χ0) is 30.5. The van der Waals surface area contributed by atoms with Crippen molar-refractivity contribution in [3.8, 4) is 0 Å². The van der Waals surface area contributed by atoms with Gasteiger partial charge in [-0.25, -0.2) is 9.59 Å². The summed E-state index contributed by atoms with van der Waals surface area (Å²) in [5.41, 5.74) is 8.26. The molecule has 1 heterocycles. The number of carbonyl (C=O) groups is 4. The Hall–Kier alpha value is -4.31. The Morgan fingerprint density at radius 3 is 2.32 bits per heavy atom. The van der Waals surface area contributed by atoms with Gasteiger partial charge >= 0.3 is 12.1 Å². The molecule has 1 saturated heterocycles. The number of likely N-dealkylation sites (tertiary alicyclic amines) is 1. The molecule has 1 fully saturated rings. The standard InChI is InChI=1S/C29H38N6O6/c1-28(2,3)23(32-27(40)41-29(4,5)6)25(37)35-14-13-20(33-34-30)22(35)24(36)31-21(26(38)39)16-17-11-12-18-9-7-8-10-19(18)15-17/h7-12,15,20-23H,13-14,16H2,1-6H3,(H,31,36)(H,32,40)(H,38,39)/t20-,21?,22+,23-/m1/s1. The number of hydrogen-bond donors (Lipinski definition) is 3. The monoisotopic (exact) mass is 566 g/mol. The fraction of sp³-hybridized carbons (Fsp3) is 0.517. The number of amides is 3. The van der Waals surface area contributed by atoms with Gasteiger partial charge in [-0.15, -0.1) is 0 Å². The molecule has 0 aliphatic carbocycles. The van der Waals surface area contributed by atoms with Crippen molar-refractivity contribution in [3.63, 3.8) is 0 Å². The molecular weight excluding hydrogens is 528 g/mol. The van der Waals surface area contributed by atoms with Crippen molar-refractivity contribution in [2.45, 2.75) is 84.2 Å². The van der Waals surface area contributed by atoms with E-state index in [0.717, 1.165) is 10.8 Å². The first-order valence-electron chi connectivity index (χ1n) is 13.5. The van der Waals surface area contributed by atoms with E-state index < -0.39 is 59.1 Å². The van der Waals surface area contributed by atoms with E-state index in [0.29, 0.717) is 5.56 Å². The van der Waals surface area contributed by atoms with Gasteiger partial charge in [-0.05, 0) is 54.5 Å². The van der Waals surface area contributed by atoms with Gasteiger partial charge < -0.3 is 25.4 Å². The van der Waals surface area contributed by atoms with Gasteiger partial charge in [0.15, 0.2) is 0 Å². The van der Waals surface area contributed by atoms with Crippen molar-refractivity contribution in [1.82, 2.24) is 15.5 Å². The molecule has 2 aromatic carbocycles. The molecule has 0 spiro atoms. The van der Waals surface area contributed by atoms with Crippen LogP contribution in [0.3, 0.4) is 0 Å². The van der Waals surface area contributed by atoms with E-state index in [1.807, 2.05) is 36.4 Å². The molecule has 4 atom stereocenters. The highest BCUT2D eigenvalue weighted by atomic mass is 16.6. The minimum Gasteiger partial charge on any atom is -0.480 e. The molecule has 1 aliphatic rings. The number of carboxylic acids is 1. The van der Waals surface area contributed by atoms with Crippen LogP contribution in [-0.4, -0.2) is 70.2 Å². The van der Waals surface area contributed by atoms with Crippen LogP contribution in [0.2, 0.25) is 0 Å². The molecule has 12 heteroatoms. The van der Waals surface area contributed by atoms with Gasteiger partial charge in [0.05, 0.1) is 6.04 Å². The fourth-order valence-electron chi connectivity index (χ4n) is 4.83. The SMILES string of the molecule is CC(C)(C)OC(=O)N[C@H](C(=O)N1CC[C@@H](N=[N+]=[N-])[C@H]1C(=O)NC(Cc1ccc2ccccc2c1)C(=O)O)C(C)(C)C. The molecule has 12 nitrogen and oxygen atoms in total. The molecule has 1 aliphatic heterocycles. The average molecular weight is 567 g/mol. The number of aliphatic carboxylic acids is 1. The summed E-state index contributed by atoms with van der Waals surface area (Å²) in [7, 11) is 0. The minimum absolute atomic E-state index is 0.00355. The predicted molar refractivity (Wildman–Crippen MR) is 153 cm³/mol. The molecule has 3 rings (SSSR count). The quantitative estimate of drug-likeness (QED) is 0.246. The summed E-state index contributed by atoms with van der Waals surface area (Å²) in [6.07, 6.45) is -0.595. The maximum absolute atomic E-state index is 13.8. The lowest BCUT2D eigenvalue weighted by Crippen LogP contribution is -2.60. The van der Waals surface area contributed by atoms with Gasteiger partial charge in [0.2, 0.25) is 11.8 Å². The summed E-state index contributed by atoms with van der Waals surface area (Å²) in [6, 6.07) is 8.63. The molecule has 3 N–H and O–H groups in total.